The summed E-state index contributed by atoms with van der Waals surface area (Å²) in [6, 6.07) is 14.2. The zero-order valence-electron chi connectivity index (χ0n) is 10.3. The summed E-state index contributed by atoms with van der Waals surface area (Å²) in [7, 11) is 0. The quantitative estimate of drug-likeness (QED) is 0.861. The molecule has 2 aromatic rings. The van der Waals surface area contributed by atoms with Gasteiger partial charge in [-0.05, 0) is 55.3 Å². The summed E-state index contributed by atoms with van der Waals surface area (Å²) >= 11 is 0. The lowest BCUT2D eigenvalue weighted by Crippen LogP contribution is -2.01. The van der Waals surface area contributed by atoms with Crippen LogP contribution in [0.1, 0.15) is 5.56 Å². The van der Waals surface area contributed by atoms with Crippen molar-refractivity contribution < 1.29 is 13.5 Å². The molecule has 0 aliphatic carbocycles. The molecule has 0 atom stereocenters. The van der Waals surface area contributed by atoms with Crippen LogP contribution in [0.5, 0.6) is 5.75 Å². The van der Waals surface area contributed by atoms with E-state index in [4.69, 9.17) is 0 Å². The summed E-state index contributed by atoms with van der Waals surface area (Å²) in [5.41, 5.74) is 2.90. The van der Waals surface area contributed by atoms with Gasteiger partial charge >= 0.3 is 6.61 Å². The van der Waals surface area contributed by atoms with Crippen molar-refractivity contribution in [1.82, 2.24) is 0 Å². The molecule has 0 aliphatic rings. The number of anilines is 2. The molecule has 0 saturated carbocycles. The van der Waals surface area contributed by atoms with Crippen molar-refractivity contribution in [3.05, 3.63) is 61.0 Å². The highest BCUT2D eigenvalue weighted by atomic mass is 19.3. The molecule has 0 bridgehead atoms. The normalized spacial score (nSPS) is 10.5. The van der Waals surface area contributed by atoms with Gasteiger partial charge < -0.3 is 10.1 Å². The smallest absolute Gasteiger partial charge is 0.387 e. The van der Waals surface area contributed by atoms with Gasteiger partial charge in [0.05, 0.1) is 0 Å². The lowest BCUT2D eigenvalue weighted by molar-refractivity contribution is -0.0498. The monoisotopic (exact) mass is 262 g/mol. The SMILES string of the molecule is [CH2]Cc1ccc(Nc2ccc(OC(F)F)cc2)cc1. The first-order valence-electron chi connectivity index (χ1n) is 5.87. The Kier molecular flexibility index (Phi) is 4.34. The van der Waals surface area contributed by atoms with Crippen LogP contribution in [0.4, 0.5) is 20.2 Å². The molecule has 0 aromatic heterocycles. The molecule has 0 aliphatic heterocycles. The Hall–Kier alpha value is -2.10. The molecule has 2 rings (SSSR count). The van der Waals surface area contributed by atoms with Crippen LogP contribution >= 0.6 is 0 Å². The third-order valence-corrected chi connectivity index (χ3v) is 2.61. The maximum atomic E-state index is 12.0. The molecule has 0 heterocycles. The average Bonchev–Trinajstić information content (AvgIpc) is 2.41. The maximum Gasteiger partial charge on any atom is 0.387 e. The summed E-state index contributed by atoms with van der Waals surface area (Å²) in [6.07, 6.45) is 0.750. The van der Waals surface area contributed by atoms with E-state index >= 15 is 0 Å². The van der Waals surface area contributed by atoms with Crippen LogP contribution in [0.3, 0.4) is 0 Å². The molecule has 4 heteroatoms. The number of benzene rings is 2. The van der Waals surface area contributed by atoms with E-state index in [1.165, 1.54) is 12.1 Å². The van der Waals surface area contributed by atoms with Crippen LogP contribution in [0.25, 0.3) is 0 Å². The standard InChI is InChI=1S/C15H14F2NO/c1-2-11-3-5-12(6-4-11)18-13-7-9-14(10-8-13)19-15(16)17/h3-10,15,18H,1-2H2. The summed E-state index contributed by atoms with van der Waals surface area (Å²) in [4.78, 5) is 0. The van der Waals surface area contributed by atoms with Crippen molar-refractivity contribution in [2.45, 2.75) is 13.0 Å². The highest BCUT2D eigenvalue weighted by molar-refractivity contribution is 5.60. The second-order valence-corrected chi connectivity index (χ2v) is 3.97. The van der Waals surface area contributed by atoms with Gasteiger partial charge in [0, 0.05) is 11.4 Å². The van der Waals surface area contributed by atoms with Crippen LogP contribution in [0, 0.1) is 6.92 Å². The largest absolute Gasteiger partial charge is 0.435 e. The second-order valence-electron chi connectivity index (χ2n) is 3.97. The van der Waals surface area contributed by atoms with Gasteiger partial charge in [-0.15, -0.1) is 0 Å². The van der Waals surface area contributed by atoms with Crippen LogP contribution < -0.4 is 10.1 Å². The minimum atomic E-state index is -2.80. The summed E-state index contributed by atoms with van der Waals surface area (Å²) < 4.78 is 28.3. The molecule has 19 heavy (non-hydrogen) atoms. The van der Waals surface area contributed by atoms with Gasteiger partial charge in [-0.1, -0.05) is 12.1 Å². The number of nitrogens with one attached hydrogen (secondary N) is 1. The van der Waals surface area contributed by atoms with E-state index in [2.05, 4.69) is 17.0 Å². The molecule has 0 saturated heterocycles. The van der Waals surface area contributed by atoms with E-state index in [1.54, 1.807) is 12.1 Å². The van der Waals surface area contributed by atoms with E-state index in [1.807, 2.05) is 24.3 Å². The predicted molar refractivity (Wildman–Crippen MR) is 71.9 cm³/mol. The van der Waals surface area contributed by atoms with Crippen molar-refractivity contribution in [2.75, 3.05) is 5.32 Å². The van der Waals surface area contributed by atoms with E-state index in [9.17, 15) is 8.78 Å². The Morgan fingerprint density at radius 1 is 0.947 bits per heavy atom. The van der Waals surface area contributed by atoms with Gasteiger partial charge in [0.25, 0.3) is 0 Å². The Morgan fingerprint density at radius 3 is 1.95 bits per heavy atom. The molecule has 2 aromatic carbocycles. The zero-order valence-corrected chi connectivity index (χ0v) is 10.3. The number of halogens is 2. The van der Waals surface area contributed by atoms with Crippen LogP contribution in [-0.2, 0) is 6.42 Å². The van der Waals surface area contributed by atoms with Crippen LogP contribution in [0.2, 0.25) is 0 Å². The van der Waals surface area contributed by atoms with Crippen molar-refractivity contribution in [2.24, 2.45) is 0 Å². The second kappa shape index (κ2) is 6.18. The summed E-state index contributed by atoms with van der Waals surface area (Å²) in [6.45, 7) is 1.01. The van der Waals surface area contributed by atoms with Crippen LogP contribution in [0.15, 0.2) is 48.5 Å². The molecular formula is C15H14F2NO. The molecule has 2 nitrogen and oxygen atoms in total. The van der Waals surface area contributed by atoms with Crippen molar-refractivity contribution in [1.29, 1.82) is 0 Å². The highest BCUT2D eigenvalue weighted by Crippen LogP contribution is 2.21. The molecule has 0 fully saturated rings. The van der Waals surface area contributed by atoms with Crippen molar-refractivity contribution >= 4 is 11.4 Å². The molecular weight excluding hydrogens is 248 g/mol. The number of ether oxygens (including phenoxy) is 1. The molecule has 0 spiro atoms. The Labute approximate surface area is 111 Å². The lowest BCUT2D eigenvalue weighted by Gasteiger charge is -2.09. The number of rotatable bonds is 5. The number of hydrogen-bond acceptors (Lipinski definition) is 2. The van der Waals surface area contributed by atoms with Gasteiger partial charge in [-0.3, -0.25) is 0 Å². The number of hydrogen-bond donors (Lipinski definition) is 1. The van der Waals surface area contributed by atoms with Crippen molar-refractivity contribution in [3.8, 4) is 5.75 Å². The molecule has 0 unspecified atom stereocenters. The summed E-state index contributed by atoms with van der Waals surface area (Å²) in [5.74, 6) is 0.146. The molecule has 1 N–H and O–H groups in total. The van der Waals surface area contributed by atoms with Crippen molar-refractivity contribution in [3.63, 3.8) is 0 Å². The number of alkyl halides is 2. The first kappa shape index (κ1) is 13.3. The van der Waals surface area contributed by atoms with Gasteiger partial charge in [0.1, 0.15) is 5.75 Å². The van der Waals surface area contributed by atoms with Crippen LogP contribution in [-0.4, -0.2) is 6.61 Å². The van der Waals surface area contributed by atoms with Gasteiger partial charge in [0.15, 0.2) is 0 Å². The maximum absolute atomic E-state index is 12.0. The Balaban J connectivity index is 2.02. The predicted octanol–water partition coefficient (Wildman–Crippen LogP) is 4.41. The molecule has 0 amide bonds. The zero-order chi connectivity index (χ0) is 13.7. The first-order valence-corrected chi connectivity index (χ1v) is 5.87. The third kappa shape index (κ3) is 3.95. The topological polar surface area (TPSA) is 21.3 Å². The first-order chi connectivity index (χ1) is 9.17. The summed E-state index contributed by atoms with van der Waals surface area (Å²) in [5, 5.41) is 3.17. The Bertz CT molecular complexity index is 509. The fourth-order valence-electron chi connectivity index (χ4n) is 1.64. The van der Waals surface area contributed by atoms with E-state index < -0.39 is 6.61 Å². The minimum absolute atomic E-state index is 0.146. The van der Waals surface area contributed by atoms with E-state index in [0.29, 0.717) is 0 Å². The molecule has 99 valence electrons. The Morgan fingerprint density at radius 2 is 1.47 bits per heavy atom. The van der Waals surface area contributed by atoms with Gasteiger partial charge in [-0.2, -0.15) is 8.78 Å². The average molecular weight is 262 g/mol. The van der Waals surface area contributed by atoms with E-state index in [0.717, 1.165) is 23.4 Å². The lowest BCUT2D eigenvalue weighted by atomic mass is 10.1. The fourth-order valence-corrected chi connectivity index (χ4v) is 1.64. The van der Waals surface area contributed by atoms with Gasteiger partial charge in [-0.25, -0.2) is 0 Å². The third-order valence-electron chi connectivity index (χ3n) is 2.61. The fraction of sp³-hybridized carbons (Fsp3) is 0.133. The van der Waals surface area contributed by atoms with E-state index in [-0.39, 0.29) is 5.75 Å². The van der Waals surface area contributed by atoms with Gasteiger partial charge in [0.2, 0.25) is 0 Å². The molecule has 1 radical (unpaired) electrons. The minimum Gasteiger partial charge on any atom is -0.435 e. The highest BCUT2D eigenvalue weighted by Gasteiger charge is 2.03.